The molecule has 134 valence electrons. The molecule has 0 spiro atoms. The highest BCUT2D eigenvalue weighted by Crippen LogP contribution is 2.23. The number of nitrogens with one attached hydrogen (secondary N) is 1. The molecular formula is C20H26N2O2S. The minimum absolute atomic E-state index is 0.121. The summed E-state index contributed by atoms with van der Waals surface area (Å²) in [5.74, 6) is -0.121. The lowest BCUT2D eigenvalue weighted by Gasteiger charge is -2.38. The maximum Gasteiger partial charge on any atom is 0.255 e. The van der Waals surface area contributed by atoms with Gasteiger partial charge < -0.3 is 15.3 Å². The number of amides is 1. The van der Waals surface area contributed by atoms with E-state index in [1.807, 2.05) is 28.5 Å². The van der Waals surface area contributed by atoms with Crippen molar-refractivity contribution in [1.29, 1.82) is 0 Å². The van der Waals surface area contributed by atoms with Crippen LogP contribution in [0, 0.1) is 0 Å². The van der Waals surface area contributed by atoms with Crippen LogP contribution in [0.2, 0.25) is 0 Å². The van der Waals surface area contributed by atoms with Crippen molar-refractivity contribution >= 4 is 17.2 Å². The van der Waals surface area contributed by atoms with Crippen molar-refractivity contribution in [1.82, 2.24) is 10.2 Å². The monoisotopic (exact) mass is 358 g/mol. The SMILES string of the molecule is O=C1N(CCCc2ccccc2)CCC[C@]1(O)CNCc1ccsc1. The van der Waals surface area contributed by atoms with Crippen molar-refractivity contribution in [2.75, 3.05) is 19.6 Å². The van der Waals surface area contributed by atoms with Gasteiger partial charge in [-0.05, 0) is 53.6 Å². The summed E-state index contributed by atoms with van der Waals surface area (Å²) in [5.41, 5.74) is 1.22. The maximum atomic E-state index is 12.7. The first-order valence-electron chi connectivity index (χ1n) is 8.95. The van der Waals surface area contributed by atoms with Crippen molar-refractivity contribution in [3.05, 3.63) is 58.3 Å². The number of carbonyl (C=O) groups excluding carboxylic acids is 1. The van der Waals surface area contributed by atoms with Gasteiger partial charge in [-0.3, -0.25) is 4.79 Å². The van der Waals surface area contributed by atoms with Crippen LogP contribution in [0.3, 0.4) is 0 Å². The second-order valence-corrected chi connectivity index (χ2v) is 7.53. The molecule has 2 aromatic rings. The van der Waals surface area contributed by atoms with E-state index in [4.69, 9.17) is 0 Å². The van der Waals surface area contributed by atoms with E-state index in [0.29, 0.717) is 26.1 Å². The molecule has 1 saturated heterocycles. The van der Waals surface area contributed by atoms with Crippen LogP contribution in [-0.4, -0.2) is 41.1 Å². The number of aliphatic hydroxyl groups is 1. The van der Waals surface area contributed by atoms with E-state index in [1.54, 1.807) is 11.3 Å². The summed E-state index contributed by atoms with van der Waals surface area (Å²) in [6.45, 7) is 2.46. The number of thiophene rings is 1. The number of piperidine rings is 1. The second-order valence-electron chi connectivity index (χ2n) is 6.75. The van der Waals surface area contributed by atoms with Crippen molar-refractivity contribution in [3.63, 3.8) is 0 Å². The summed E-state index contributed by atoms with van der Waals surface area (Å²) >= 11 is 1.66. The third kappa shape index (κ3) is 4.91. The normalized spacial score (nSPS) is 20.8. The van der Waals surface area contributed by atoms with E-state index in [-0.39, 0.29) is 5.91 Å². The lowest BCUT2D eigenvalue weighted by Crippen LogP contribution is -2.58. The molecule has 1 aliphatic heterocycles. The number of rotatable bonds is 8. The maximum absolute atomic E-state index is 12.7. The Morgan fingerprint density at radius 2 is 2.04 bits per heavy atom. The Hall–Kier alpha value is -1.69. The Balaban J connectivity index is 1.47. The van der Waals surface area contributed by atoms with Gasteiger partial charge in [0.1, 0.15) is 0 Å². The molecule has 2 N–H and O–H groups in total. The molecule has 5 heteroatoms. The average Bonchev–Trinajstić information content (AvgIpc) is 3.13. The molecule has 25 heavy (non-hydrogen) atoms. The molecule has 1 aliphatic rings. The molecule has 0 saturated carbocycles. The third-order valence-electron chi connectivity index (χ3n) is 4.77. The van der Waals surface area contributed by atoms with Gasteiger partial charge in [0.05, 0.1) is 0 Å². The van der Waals surface area contributed by atoms with Gasteiger partial charge in [-0.15, -0.1) is 0 Å². The summed E-state index contributed by atoms with van der Waals surface area (Å²) < 4.78 is 0. The molecule has 1 aromatic heterocycles. The van der Waals surface area contributed by atoms with E-state index >= 15 is 0 Å². The van der Waals surface area contributed by atoms with Crippen LogP contribution >= 0.6 is 11.3 Å². The molecule has 1 amide bonds. The zero-order chi connectivity index (χ0) is 17.5. The molecule has 1 fully saturated rings. The molecule has 1 aromatic carbocycles. The fraction of sp³-hybridized carbons (Fsp3) is 0.450. The second kappa shape index (κ2) is 8.61. The molecule has 0 bridgehead atoms. The van der Waals surface area contributed by atoms with Gasteiger partial charge in [0, 0.05) is 26.2 Å². The van der Waals surface area contributed by atoms with E-state index in [2.05, 4.69) is 28.9 Å². The van der Waals surface area contributed by atoms with E-state index in [0.717, 1.165) is 25.8 Å². The number of benzene rings is 1. The minimum atomic E-state index is -1.26. The van der Waals surface area contributed by atoms with E-state index in [1.165, 1.54) is 11.1 Å². The number of nitrogens with zero attached hydrogens (tertiary/aromatic N) is 1. The quantitative estimate of drug-likeness (QED) is 0.763. The predicted molar refractivity (Wildman–Crippen MR) is 102 cm³/mol. The lowest BCUT2D eigenvalue weighted by molar-refractivity contribution is -0.156. The van der Waals surface area contributed by atoms with Crippen LogP contribution in [0.15, 0.2) is 47.2 Å². The summed E-state index contributed by atoms with van der Waals surface area (Å²) in [4.78, 5) is 14.6. The van der Waals surface area contributed by atoms with Crippen LogP contribution in [0.4, 0.5) is 0 Å². The fourth-order valence-electron chi connectivity index (χ4n) is 3.37. The van der Waals surface area contributed by atoms with Crippen molar-refractivity contribution in [3.8, 4) is 0 Å². The molecular weight excluding hydrogens is 332 g/mol. The number of hydrogen-bond acceptors (Lipinski definition) is 4. The predicted octanol–water partition coefficient (Wildman–Crippen LogP) is 2.82. The molecule has 0 aliphatic carbocycles. The third-order valence-corrected chi connectivity index (χ3v) is 5.50. The van der Waals surface area contributed by atoms with Gasteiger partial charge in [0.25, 0.3) is 5.91 Å². The first-order valence-corrected chi connectivity index (χ1v) is 9.89. The number of likely N-dealkylation sites (tertiary alicyclic amines) is 1. The highest BCUT2D eigenvalue weighted by Gasteiger charge is 2.41. The van der Waals surface area contributed by atoms with E-state index < -0.39 is 5.60 Å². The van der Waals surface area contributed by atoms with Gasteiger partial charge in [-0.25, -0.2) is 0 Å². The van der Waals surface area contributed by atoms with Crippen molar-refractivity contribution in [2.45, 2.75) is 37.8 Å². The fourth-order valence-corrected chi connectivity index (χ4v) is 4.04. The molecule has 4 nitrogen and oxygen atoms in total. The smallest absolute Gasteiger partial charge is 0.255 e. The van der Waals surface area contributed by atoms with Gasteiger partial charge in [-0.1, -0.05) is 30.3 Å². The Kier molecular flexibility index (Phi) is 6.24. The number of aryl methyl sites for hydroxylation is 1. The van der Waals surface area contributed by atoms with Crippen molar-refractivity contribution in [2.24, 2.45) is 0 Å². The summed E-state index contributed by atoms with van der Waals surface area (Å²) in [6, 6.07) is 12.4. The molecule has 3 rings (SSSR count). The number of hydrogen-bond donors (Lipinski definition) is 2. The highest BCUT2D eigenvalue weighted by atomic mass is 32.1. The van der Waals surface area contributed by atoms with E-state index in [9.17, 15) is 9.90 Å². The first-order chi connectivity index (χ1) is 12.2. The van der Waals surface area contributed by atoms with Gasteiger partial charge >= 0.3 is 0 Å². The summed E-state index contributed by atoms with van der Waals surface area (Å²) in [7, 11) is 0. The number of carbonyl (C=O) groups is 1. The Labute approximate surface area is 153 Å². The topological polar surface area (TPSA) is 52.6 Å². The standard InChI is InChI=1S/C20H26N2O2S/c23-19-20(24,16-21-14-18-9-13-25-15-18)10-5-12-22(19)11-4-8-17-6-2-1-3-7-17/h1-3,6-7,9,13,15,21,24H,4-5,8,10-12,14,16H2/t20-/m0/s1. The molecule has 2 heterocycles. The van der Waals surface area contributed by atoms with Crippen LogP contribution in [-0.2, 0) is 17.8 Å². The van der Waals surface area contributed by atoms with Crippen LogP contribution < -0.4 is 5.32 Å². The largest absolute Gasteiger partial charge is 0.379 e. The van der Waals surface area contributed by atoms with Crippen LogP contribution in [0.5, 0.6) is 0 Å². The van der Waals surface area contributed by atoms with Gasteiger partial charge in [-0.2, -0.15) is 11.3 Å². The summed E-state index contributed by atoms with van der Waals surface area (Å²) in [6.07, 6.45) is 3.28. The van der Waals surface area contributed by atoms with Crippen molar-refractivity contribution < 1.29 is 9.90 Å². The van der Waals surface area contributed by atoms with Gasteiger partial charge in [0.15, 0.2) is 5.60 Å². The average molecular weight is 359 g/mol. The summed E-state index contributed by atoms with van der Waals surface area (Å²) in [5, 5.41) is 18.2. The van der Waals surface area contributed by atoms with Crippen LogP contribution in [0.1, 0.15) is 30.4 Å². The molecule has 0 radical (unpaired) electrons. The zero-order valence-electron chi connectivity index (χ0n) is 14.5. The minimum Gasteiger partial charge on any atom is -0.379 e. The highest BCUT2D eigenvalue weighted by molar-refractivity contribution is 7.07. The Morgan fingerprint density at radius 3 is 2.80 bits per heavy atom. The zero-order valence-corrected chi connectivity index (χ0v) is 15.3. The Bertz CT molecular complexity index is 660. The lowest BCUT2D eigenvalue weighted by atomic mass is 9.91. The Morgan fingerprint density at radius 1 is 1.20 bits per heavy atom. The first kappa shape index (κ1) is 18.1. The van der Waals surface area contributed by atoms with Crippen LogP contribution in [0.25, 0.3) is 0 Å². The van der Waals surface area contributed by atoms with Gasteiger partial charge in [0.2, 0.25) is 0 Å². The molecule has 0 unspecified atom stereocenters. The molecule has 1 atom stereocenters.